The molecule has 0 aromatic rings. The molecule has 1 rings (SSSR count). The number of nitrogens with zero attached hydrogens (tertiary/aromatic N) is 1. The molecule has 0 spiro atoms. The summed E-state index contributed by atoms with van der Waals surface area (Å²) in [4.78, 5) is 14.1. The van der Waals surface area contributed by atoms with Gasteiger partial charge >= 0.3 is 0 Å². The van der Waals surface area contributed by atoms with Gasteiger partial charge in [0.25, 0.3) is 0 Å². The van der Waals surface area contributed by atoms with Gasteiger partial charge in [-0.05, 0) is 27.2 Å². The molecule has 0 aromatic heterocycles. The van der Waals surface area contributed by atoms with Gasteiger partial charge < -0.3 is 15.4 Å². The van der Waals surface area contributed by atoms with E-state index in [1.54, 1.807) is 0 Å². The van der Waals surface area contributed by atoms with E-state index >= 15 is 0 Å². The number of halogens is 1. The van der Waals surface area contributed by atoms with Crippen LogP contribution in [0, 0.1) is 0 Å². The van der Waals surface area contributed by atoms with Gasteiger partial charge in [0.2, 0.25) is 5.91 Å². The molecule has 1 heterocycles. The zero-order chi connectivity index (χ0) is 12.3. The fourth-order valence-electron chi connectivity index (χ4n) is 2.33. The second-order valence-electron chi connectivity index (χ2n) is 5.13. The fourth-order valence-corrected chi connectivity index (χ4v) is 2.33. The largest absolute Gasteiger partial charge is 0.372 e. The van der Waals surface area contributed by atoms with Crippen LogP contribution in [0.15, 0.2) is 0 Å². The molecule has 4 nitrogen and oxygen atoms in total. The summed E-state index contributed by atoms with van der Waals surface area (Å²) in [5, 5.41) is 0. The number of morpholine rings is 1. The number of hydrogen-bond acceptors (Lipinski definition) is 3. The number of ether oxygens (including phenoxy) is 1. The van der Waals surface area contributed by atoms with Gasteiger partial charge in [-0.1, -0.05) is 13.3 Å². The molecule has 1 aliphatic heterocycles. The molecule has 1 unspecified atom stereocenters. The summed E-state index contributed by atoms with van der Waals surface area (Å²) in [5.74, 6) is 0.0522. The first kappa shape index (κ1) is 16.7. The Hall–Kier alpha value is -0.320. The van der Waals surface area contributed by atoms with Crippen LogP contribution in [0.3, 0.4) is 0 Å². The van der Waals surface area contributed by atoms with Crippen molar-refractivity contribution < 1.29 is 9.53 Å². The molecule has 17 heavy (non-hydrogen) atoms. The highest BCUT2D eigenvalue weighted by Gasteiger charge is 2.35. The van der Waals surface area contributed by atoms with E-state index in [9.17, 15) is 4.79 Å². The lowest BCUT2D eigenvalue weighted by atomic mass is 9.95. The van der Waals surface area contributed by atoms with Gasteiger partial charge in [0.05, 0.1) is 17.7 Å². The summed E-state index contributed by atoms with van der Waals surface area (Å²) in [5.41, 5.74) is 5.33. The fraction of sp³-hybridized carbons (Fsp3) is 0.917. The highest BCUT2D eigenvalue weighted by Crippen LogP contribution is 2.17. The Morgan fingerprint density at radius 1 is 1.41 bits per heavy atom. The summed E-state index contributed by atoms with van der Waals surface area (Å²) in [6.07, 6.45) is 1.86. The molecule has 0 aliphatic carbocycles. The molecular formula is C12H25ClN2O2. The maximum absolute atomic E-state index is 12.2. The lowest BCUT2D eigenvalue weighted by molar-refractivity contribution is -0.148. The summed E-state index contributed by atoms with van der Waals surface area (Å²) in [6, 6.07) is 0. The van der Waals surface area contributed by atoms with Crippen LogP contribution in [-0.4, -0.2) is 41.6 Å². The third-order valence-electron chi connectivity index (χ3n) is 2.96. The predicted octanol–water partition coefficient (Wildman–Crippen LogP) is 1.56. The maximum atomic E-state index is 12.2. The lowest BCUT2D eigenvalue weighted by Crippen LogP contribution is -2.58. The summed E-state index contributed by atoms with van der Waals surface area (Å²) >= 11 is 0. The first-order valence-electron chi connectivity index (χ1n) is 6.10. The molecule has 0 bridgehead atoms. The molecule has 1 saturated heterocycles. The Bertz CT molecular complexity index is 249. The van der Waals surface area contributed by atoms with E-state index in [1.165, 1.54) is 0 Å². The Morgan fingerprint density at radius 3 is 2.29 bits per heavy atom. The molecule has 102 valence electrons. The number of hydrogen-bond donors (Lipinski definition) is 1. The summed E-state index contributed by atoms with van der Waals surface area (Å²) in [6.45, 7) is 9.15. The molecule has 5 heteroatoms. The van der Waals surface area contributed by atoms with E-state index in [0.29, 0.717) is 13.1 Å². The average molecular weight is 265 g/mol. The van der Waals surface area contributed by atoms with Crippen molar-refractivity contribution in [3.05, 3.63) is 0 Å². The quantitative estimate of drug-likeness (QED) is 0.842. The van der Waals surface area contributed by atoms with Gasteiger partial charge in [-0.25, -0.2) is 0 Å². The standard InChI is InChI=1S/C12H24N2O2.ClH/c1-5-6-12(4,13)11(15)14-7-9(2)16-10(3)8-14;/h9-10H,5-8,13H2,1-4H3;1H/t9-,10+,12?;. The van der Waals surface area contributed by atoms with Crippen LogP contribution in [0.2, 0.25) is 0 Å². The highest BCUT2D eigenvalue weighted by molar-refractivity contribution is 5.86. The van der Waals surface area contributed by atoms with Crippen molar-refractivity contribution in [1.82, 2.24) is 4.90 Å². The lowest BCUT2D eigenvalue weighted by Gasteiger charge is -2.39. The summed E-state index contributed by atoms with van der Waals surface area (Å²) < 4.78 is 5.60. The normalized spacial score (nSPS) is 28.2. The molecule has 0 radical (unpaired) electrons. The van der Waals surface area contributed by atoms with Crippen molar-refractivity contribution in [2.75, 3.05) is 13.1 Å². The minimum Gasteiger partial charge on any atom is -0.372 e. The van der Waals surface area contributed by atoms with Gasteiger partial charge in [0.15, 0.2) is 0 Å². The maximum Gasteiger partial charge on any atom is 0.242 e. The van der Waals surface area contributed by atoms with Crippen molar-refractivity contribution in [3.63, 3.8) is 0 Å². The van der Waals surface area contributed by atoms with Crippen molar-refractivity contribution in [1.29, 1.82) is 0 Å². The Labute approximate surface area is 110 Å². The van der Waals surface area contributed by atoms with Crippen LogP contribution in [0.1, 0.15) is 40.5 Å². The van der Waals surface area contributed by atoms with Gasteiger partial charge in [0, 0.05) is 13.1 Å². The molecule has 1 amide bonds. The number of rotatable bonds is 3. The zero-order valence-electron chi connectivity index (χ0n) is 11.2. The third kappa shape index (κ3) is 4.45. The Balaban J connectivity index is 0.00000256. The molecular weight excluding hydrogens is 240 g/mol. The van der Waals surface area contributed by atoms with Gasteiger partial charge in [-0.3, -0.25) is 4.79 Å². The molecule has 2 N–H and O–H groups in total. The second-order valence-corrected chi connectivity index (χ2v) is 5.13. The van der Waals surface area contributed by atoms with Crippen LogP contribution in [0.4, 0.5) is 0 Å². The molecule has 1 aliphatic rings. The van der Waals surface area contributed by atoms with E-state index < -0.39 is 5.54 Å². The third-order valence-corrected chi connectivity index (χ3v) is 2.96. The predicted molar refractivity (Wildman–Crippen MR) is 71.3 cm³/mol. The minimum absolute atomic E-state index is 0. The Morgan fingerprint density at radius 2 is 1.88 bits per heavy atom. The number of carbonyl (C=O) groups excluding carboxylic acids is 1. The smallest absolute Gasteiger partial charge is 0.242 e. The van der Waals surface area contributed by atoms with E-state index in [1.807, 2.05) is 32.6 Å². The average Bonchev–Trinajstić information content (AvgIpc) is 2.14. The second kappa shape index (κ2) is 6.57. The van der Waals surface area contributed by atoms with Gasteiger partial charge in [-0.15, -0.1) is 12.4 Å². The van der Waals surface area contributed by atoms with E-state index in [2.05, 4.69) is 0 Å². The monoisotopic (exact) mass is 264 g/mol. The highest BCUT2D eigenvalue weighted by atomic mass is 35.5. The van der Waals surface area contributed by atoms with Gasteiger partial charge in [-0.2, -0.15) is 0 Å². The molecule has 0 saturated carbocycles. The van der Waals surface area contributed by atoms with Crippen molar-refractivity contribution >= 4 is 18.3 Å². The molecule has 3 atom stereocenters. The van der Waals surface area contributed by atoms with E-state index in [4.69, 9.17) is 10.5 Å². The van der Waals surface area contributed by atoms with Crippen molar-refractivity contribution in [3.8, 4) is 0 Å². The topological polar surface area (TPSA) is 55.6 Å². The molecule has 1 fully saturated rings. The van der Waals surface area contributed by atoms with Gasteiger partial charge in [0.1, 0.15) is 0 Å². The van der Waals surface area contributed by atoms with E-state index in [-0.39, 0.29) is 30.5 Å². The van der Waals surface area contributed by atoms with Crippen molar-refractivity contribution in [2.24, 2.45) is 5.73 Å². The van der Waals surface area contributed by atoms with Crippen LogP contribution in [0.25, 0.3) is 0 Å². The Kier molecular flexibility index (Phi) is 6.45. The number of nitrogens with two attached hydrogens (primary N) is 1. The van der Waals surface area contributed by atoms with Crippen LogP contribution < -0.4 is 5.73 Å². The van der Waals surface area contributed by atoms with Crippen LogP contribution in [0.5, 0.6) is 0 Å². The zero-order valence-corrected chi connectivity index (χ0v) is 12.0. The SMILES string of the molecule is CCCC(C)(N)C(=O)N1C[C@@H](C)O[C@@H](C)C1.Cl. The van der Waals surface area contributed by atoms with Crippen LogP contribution >= 0.6 is 12.4 Å². The first-order valence-corrected chi connectivity index (χ1v) is 6.10. The van der Waals surface area contributed by atoms with Crippen molar-refractivity contribution in [2.45, 2.75) is 58.3 Å². The number of amides is 1. The number of carbonyl (C=O) groups is 1. The minimum atomic E-state index is -0.731. The summed E-state index contributed by atoms with van der Waals surface area (Å²) in [7, 11) is 0. The molecule has 0 aromatic carbocycles. The van der Waals surface area contributed by atoms with E-state index in [0.717, 1.165) is 12.8 Å². The van der Waals surface area contributed by atoms with Crippen LogP contribution in [-0.2, 0) is 9.53 Å². The first-order chi connectivity index (χ1) is 7.36.